The zero-order chi connectivity index (χ0) is 24.0. The quantitative estimate of drug-likeness (QED) is 0.386. The zero-order valence-corrected chi connectivity index (χ0v) is 20.9. The largest absolute Gasteiger partial charge is 0.355 e. The van der Waals surface area contributed by atoms with Gasteiger partial charge >= 0.3 is 0 Å². The van der Waals surface area contributed by atoms with Crippen molar-refractivity contribution < 1.29 is 13.2 Å². The number of rotatable bonds is 9. The van der Waals surface area contributed by atoms with Gasteiger partial charge in [0.05, 0.1) is 11.6 Å². The second-order valence-electron chi connectivity index (χ2n) is 7.44. The third-order valence-corrected chi connectivity index (χ3v) is 8.03. The summed E-state index contributed by atoms with van der Waals surface area (Å²) in [5.74, 6) is -0.423. The van der Waals surface area contributed by atoms with Gasteiger partial charge in [-0.3, -0.25) is 4.79 Å². The smallest absolute Gasteiger partial charge is 0.245 e. The molecule has 0 spiro atoms. The fraction of sp³-hybridized carbons (Fsp3) is 0.208. The lowest BCUT2D eigenvalue weighted by molar-refractivity contribution is -0.121. The van der Waals surface area contributed by atoms with E-state index < -0.39 is 22.0 Å². The minimum absolute atomic E-state index is 0.0350. The number of benzene rings is 3. The van der Waals surface area contributed by atoms with Crippen molar-refractivity contribution in [3.05, 3.63) is 99.0 Å². The minimum Gasteiger partial charge on any atom is -0.355 e. The van der Waals surface area contributed by atoms with Gasteiger partial charge in [0.15, 0.2) is 0 Å². The van der Waals surface area contributed by atoms with Crippen LogP contribution in [0.5, 0.6) is 0 Å². The van der Waals surface area contributed by atoms with E-state index in [1.807, 2.05) is 42.5 Å². The Labute approximate surface area is 209 Å². The van der Waals surface area contributed by atoms with Gasteiger partial charge in [-0.1, -0.05) is 77.3 Å². The molecule has 0 aliphatic rings. The molecule has 3 aromatic carbocycles. The molecule has 1 unspecified atom stereocenters. The van der Waals surface area contributed by atoms with E-state index >= 15 is 0 Å². The zero-order valence-electron chi connectivity index (χ0n) is 17.8. The van der Waals surface area contributed by atoms with Gasteiger partial charge in [0.25, 0.3) is 0 Å². The van der Waals surface area contributed by atoms with Crippen LogP contribution in [0, 0.1) is 0 Å². The molecule has 0 aliphatic carbocycles. The van der Waals surface area contributed by atoms with Crippen molar-refractivity contribution in [1.29, 1.82) is 0 Å². The van der Waals surface area contributed by atoms with Crippen LogP contribution in [0.1, 0.15) is 24.1 Å². The van der Waals surface area contributed by atoms with Gasteiger partial charge in [-0.25, -0.2) is 8.42 Å². The van der Waals surface area contributed by atoms with Crippen molar-refractivity contribution in [3.8, 4) is 0 Å². The maximum Gasteiger partial charge on any atom is 0.245 e. The number of carbonyl (C=O) groups is 1. The molecule has 1 atom stereocenters. The van der Waals surface area contributed by atoms with Crippen LogP contribution in [0.4, 0.5) is 0 Å². The number of nitrogens with zero attached hydrogens (tertiary/aromatic N) is 1. The molecule has 9 heteroatoms. The second-order valence-corrected chi connectivity index (χ2v) is 10.6. The number of hydrogen-bond acceptors (Lipinski definition) is 3. The molecule has 0 saturated heterocycles. The predicted molar refractivity (Wildman–Crippen MR) is 133 cm³/mol. The fourth-order valence-electron chi connectivity index (χ4n) is 3.32. The highest BCUT2D eigenvalue weighted by Crippen LogP contribution is 2.32. The number of nitrogens with one attached hydrogen (secondary N) is 1. The maximum absolute atomic E-state index is 13.6. The van der Waals surface area contributed by atoms with E-state index in [-0.39, 0.29) is 21.5 Å². The third kappa shape index (κ3) is 6.71. The molecular weight excluding hydrogens is 503 g/mol. The molecule has 0 fully saturated rings. The molecule has 0 aliphatic heterocycles. The number of amides is 1. The van der Waals surface area contributed by atoms with Gasteiger partial charge in [-0.05, 0) is 54.8 Å². The Morgan fingerprint density at radius 2 is 1.58 bits per heavy atom. The second kappa shape index (κ2) is 11.4. The molecule has 0 aromatic heterocycles. The Morgan fingerprint density at radius 1 is 0.939 bits per heavy atom. The van der Waals surface area contributed by atoms with Crippen molar-refractivity contribution in [2.24, 2.45) is 0 Å². The van der Waals surface area contributed by atoms with E-state index in [4.69, 9.17) is 34.8 Å². The molecule has 3 rings (SSSR count). The Bertz CT molecular complexity index is 1200. The average molecular weight is 526 g/mol. The Morgan fingerprint density at radius 3 is 2.24 bits per heavy atom. The summed E-state index contributed by atoms with van der Waals surface area (Å²) in [5.41, 5.74) is 1.75. The SMILES string of the molecule is CC(c1ccccc1)N(CC(=O)NCCc1ccc(Cl)cc1)S(=O)(=O)c1cc(Cl)ccc1Cl. The normalized spacial score (nSPS) is 12.5. The van der Waals surface area contributed by atoms with Gasteiger partial charge in [-0.15, -0.1) is 0 Å². The van der Waals surface area contributed by atoms with Gasteiger partial charge < -0.3 is 5.32 Å². The monoisotopic (exact) mass is 524 g/mol. The van der Waals surface area contributed by atoms with E-state index in [0.29, 0.717) is 18.0 Å². The fourth-order valence-corrected chi connectivity index (χ4v) is 5.76. The molecule has 0 saturated carbocycles. The van der Waals surface area contributed by atoms with Gasteiger partial charge in [0.2, 0.25) is 15.9 Å². The first-order valence-electron chi connectivity index (χ1n) is 10.2. The van der Waals surface area contributed by atoms with E-state index in [2.05, 4.69) is 5.32 Å². The summed E-state index contributed by atoms with van der Waals surface area (Å²) >= 11 is 18.1. The highest BCUT2D eigenvalue weighted by molar-refractivity contribution is 7.89. The highest BCUT2D eigenvalue weighted by atomic mass is 35.5. The lowest BCUT2D eigenvalue weighted by Crippen LogP contribution is -2.42. The highest BCUT2D eigenvalue weighted by Gasteiger charge is 2.33. The molecule has 3 aromatic rings. The van der Waals surface area contributed by atoms with E-state index in [9.17, 15) is 13.2 Å². The first-order valence-corrected chi connectivity index (χ1v) is 12.8. The molecule has 33 heavy (non-hydrogen) atoms. The van der Waals surface area contributed by atoms with E-state index in [0.717, 1.165) is 15.4 Å². The standard InChI is InChI=1S/C24H23Cl3N2O3S/c1-17(19-5-3-2-4-6-19)29(33(31,32)23-15-21(26)11-12-22(23)27)16-24(30)28-14-13-18-7-9-20(25)10-8-18/h2-12,15,17H,13-14,16H2,1H3,(H,28,30). The van der Waals surface area contributed by atoms with Crippen molar-refractivity contribution >= 4 is 50.7 Å². The summed E-state index contributed by atoms with van der Waals surface area (Å²) in [6, 6.07) is 20.0. The summed E-state index contributed by atoms with van der Waals surface area (Å²) in [4.78, 5) is 12.6. The Hall–Kier alpha value is -2.09. The summed E-state index contributed by atoms with van der Waals surface area (Å²) in [6.45, 7) is 1.71. The molecule has 1 N–H and O–H groups in total. The lowest BCUT2D eigenvalue weighted by atomic mass is 10.1. The van der Waals surface area contributed by atoms with Gasteiger partial charge in [-0.2, -0.15) is 4.31 Å². The van der Waals surface area contributed by atoms with Crippen LogP contribution in [-0.4, -0.2) is 31.7 Å². The van der Waals surface area contributed by atoms with E-state index in [1.165, 1.54) is 18.2 Å². The van der Waals surface area contributed by atoms with Crippen LogP contribution in [0.3, 0.4) is 0 Å². The predicted octanol–water partition coefficient (Wildman–Crippen LogP) is 5.76. The number of hydrogen-bond donors (Lipinski definition) is 1. The summed E-state index contributed by atoms with van der Waals surface area (Å²) in [6.07, 6.45) is 0.587. The summed E-state index contributed by atoms with van der Waals surface area (Å²) < 4.78 is 28.3. The molecule has 5 nitrogen and oxygen atoms in total. The first kappa shape index (κ1) is 25.5. The Kier molecular flexibility index (Phi) is 8.79. The number of sulfonamides is 1. The molecular formula is C24H23Cl3N2O3S. The Balaban J connectivity index is 1.81. The molecule has 1 amide bonds. The topological polar surface area (TPSA) is 66.5 Å². The maximum atomic E-state index is 13.6. The first-order chi connectivity index (χ1) is 15.7. The number of carbonyl (C=O) groups excluding carboxylic acids is 1. The van der Waals surface area contributed by atoms with Crippen molar-refractivity contribution in [3.63, 3.8) is 0 Å². The lowest BCUT2D eigenvalue weighted by Gasteiger charge is -2.28. The van der Waals surface area contributed by atoms with Crippen molar-refractivity contribution in [2.45, 2.75) is 24.3 Å². The summed E-state index contributed by atoms with van der Waals surface area (Å²) in [5, 5.41) is 3.70. The average Bonchev–Trinajstić information content (AvgIpc) is 2.80. The third-order valence-electron chi connectivity index (χ3n) is 5.14. The van der Waals surface area contributed by atoms with Crippen LogP contribution in [0.25, 0.3) is 0 Å². The molecule has 0 heterocycles. The summed E-state index contributed by atoms with van der Waals surface area (Å²) in [7, 11) is -4.14. The minimum atomic E-state index is -4.14. The van der Waals surface area contributed by atoms with Crippen LogP contribution in [0.2, 0.25) is 15.1 Å². The van der Waals surface area contributed by atoms with Crippen LogP contribution in [-0.2, 0) is 21.2 Å². The molecule has 0 radical (unpaired) electrons. The molecule has 0 bridgehead atoms. The number of halogens is 3. The van der Waals surface area contributed by atoms with Crippen LogP contribution >= 0.6 is 34.8 Å². The van der Waals surface area contributed by atoms with Gasteiger partial charge in [0.1, 0.15) is 4.90 Å². The van der Waals surface area contributed by atoms with Crippen LogP contribution in [0.15, 0.2) is 77.7 Å². The molecule has 174 valence electrons. The van der Waals surface area contributed by atoms with Crippen molar-refractivity contribution in [1.82, 2.24) is 9.62 Å². The van der Waals surface area contributed by atoms with Crippen LogP contribution < -0.4 is 5.32 Å². The van der Waals surface area contributed by atoms with Gasteiger partial charge in [0, 0.05) is 22.6 Å². The van der Waals surface area contributed by atoms with Crippen molar-refractivity contribution in [2.75, 3.05) is 13.1 Å². The van der Waals surface area contributed by atoms with E-state index in [1.54, 1.807) is 19.1 Å².